The van der Waals surface area contributed by atoms with Crippen LogP contribution in [0.25, 0.3) is 11.1 Å². The highest BCUT2D eigenvalue weighted by Gasteiger charge is 2.40. The molecule has 0 radical (unpaired) electrons. The highest BCUT2D eigenvalue weighted by Crippen LogP contribution is 2.45. The molecule has 0 spiro atoms. The molecule has 3 aromatic carbocycles. The number of fused-ring (bicyclic) bond motifs is 3. The maximum atomic E-state index is 13.1. The summed E-state index contributed by atoms with van der Waals surface area (Å²) in [5.41, 5.74) is 5.44. The molecular weight excluding hydrogens is 390 g/mol. The van der Waals surface area contributed by atoms with Crippen LogP contribution in [0.2, 0.25) is 0 Å². The molecular formula is C26H22NO4-. The highest BCUT2D eigenvalue weighted by molar-refractivity contribution is 5.81. The van der Waals surface area contributed by atoms with E-state index >= 15 is 0 Å². The Hall–Kier alpha value is -3.60. The Labute approximate surface area is 180 Å². The second-order valence-electron chi connectivity index (χ2n) is 8.05. The van der Waals surface area contributed by atoms with E-state index in [2.05, 4.69) is 24.3 Å². The molecule has 5 rings (SSSR count). The molecule has 2 aliphatic rings. The van der Waals surface area contributed by atoms with Crippen LogP contribution in [-0.4, -0.2) is 29.6 Å². The van der Waals surface area contributed by atoms with Crippen molar-refractivity contribution in [2.24, 2.45) is 0 Å². The number of rotatable bonds is 4. The number of nitrogens with zero attached hydrogens (tertiary/aromatic N) is 1. The van der Waals surface area contributed by atoms with E-state index in [9.17, 15) is 14.7 Å². The van der Waals surface area contributed by atoms with Gasteiger partial charge in [0.2, 0.25) is 0 Å². The Kier molecular flexibility index (Phi) is 4.94. The molecule has 5 heteroatoms. The lowest BCUT2D eigenvalue weighted by Gasteiger charge is -2.31. The zero-order valence-corrected chi connectivity index (χ0v) is 16.9. The van der Waals surface area contributed by atoms with Crippen molar-refractivity contribution in [3.63, 3.8) is 0 Å². The van der Waals surface area contributed by atoms with Crippen LogP contribution in [0.4, 0.5) is 4.79 Å². The number of carboxylic acid groups (broad SMARTS) is 1. The van der Waals surface area contributed by atoms with E-state index in [1.54, 1.807) is 0 Å². The highest BCUT2D eigenvalue weighted by atomic mass is 16.6. The SMILES string of the molecule is O=C([O-])[C@@H]1CC[C@H](c2ccccc2)N1C(=O)OCC1c2ccccc2-c2ccccc21. The van der Waals surface area contributed by atoms with E-state index in [0.29, 0.717) is 12.8 Å². The first kappa shape index (κ1) is 19.4. The van der Waals surface area contributed by atoms with E-state index in [-0.39, 0.29) is 18.6 Å². The molecule has 0 unspecified atom stereocenters. The van der Waals surface area contributed by atoms with Crippen LogP contribution in [0.3, 0.4) is 0 Å². The van der Waals surface area contributed by atoms with Crippen LogP contribution in [0.1, 0.15) is 41.5 Å². The number of aliphatic carboxylic acids is 1. The average molecular weight is 412 g/mol. The van der Waals surface area contributed by atoms with Crippen molar-refractivity contribution >= 4 is 12.1 Å². The van der Waals surface area contributed by atoms with E-state index in [0.717, 1.165) is 27.8 Å². The van der Waals surface area contributed by atoms with Gasteiger partial charge >= 0.3 is 6.09 Å². The molecule has 3 aromatic rings. The summed E-state index contributed by atoms with van der Waals surface area (Å²) >= 11 is 0. The Morgan fingerprint density at radius 3 is 2.03 bits per heavy atom. The average Bonchev–Trinajstić information content (AvgIpc) is 3.38. The minimum absolute atomic E-state index is 0.0736. The molecule has 0 saturated carbocycles. The van der Waals surface area contributed by atoms with Gasteiger partial charge < -0.3 is 14.6 Å². The van der Waals surface area contributed by atoms with Crippen LogP contribution in [0, 0.1) is 0 Å². The molecule has 156 valence electrons. The molecule has 1 aliphatic heterocycles. The fourth-order valence-electron chi connectivity index (χ4n) is 4.97. The van der Waals surface area contributed by atoms with E-state index in [4.69, 9.17) is 4.74 Å². The molecule has 5 nitrogen and oxygen atoms in total. The molecule has 1 aliphatic carbocycles. The van der Waals surface area contributed by atoms with E-state index in [1.165, 1.54) is 4.90 Å². The lowest BCUT2D eigenvalue weighted by Crippen LogP contribution is -2.48. The van der Waals surface area contributed by atoms with Gasteiger partial charge in [-0.05, 0) is 40.7 Å². The maximum absolute atomic E-state index is 13.1. The second-order valence-corrected chi connectivity index (χ2v) is 8.05. The van der Waals surface area contributed by atoms with Crippen LogP contribution in [-0.2, 0) is 9.53 Å². The number of amides is 1. The Bertz CT molecular complexity index is 1080. The van der Waals surface area contributed by atoms with Gasteiger partial charge in [-0.1, -0.05) is 78.9 Å². The van der Waals surface area contributed by atoms with Gasteiger partial charge in [-0.2, -0.15) is 0 Å². The topological polar surface area (TPSA) is 69.7 Å². The predicted octanol–water partition coefficient (Wildman–Crippen LogP) is 3.89. The van der Waals surface area contributed by atoms with Crippen molar-refractivity contribution in [2.45, 2.75) is 30.8 Å². The summed E-state index contributed by atoms with van der Waals surface area (Å²) in [7, 11) is 0. The first-order chi connectivity index (χ1) is 15.1. The summed E-state index contributed by atoms with van der Waals surface area (Å²) in [5.74, 6) is -1.32. The molecule has 1 heterocycles. The molecule has 31 heavy (non-hydrogen) atoms. The van der Waals surface area contributed by atoms with Crippen LogP contribution in [0.5, 0.6) is 0 Å². The number of hydrogen-bond acceptors (Lipinski definition) is 4. The normalized spacial score (nSPS) is 19.7. The van der Waals surface area contributed by atoms with Crippen molar-refractivity contribution in [1.82, 2.24) is 4.90 Å². The number of likely N-dealkylation sites (tertiary alicyclic amines) is 1. The van der Waals surface area contributed by atoms with Crippen LogP contribution >= 0.6 is 0 Å². The third-order valence-corrected chi connectivity index (χ3v) is 6.39. The van der Waals surface area contributed by atoms with Gasteiger partial charge in [0.15, 0.2) is 0 Å². The second kappa shape index (κ2) is 7.91. The van der Waals surface area contributed by atoms with Crippen LogP contribution < -0.4 is 5.11 Å². The van der Waals surface area contributed by atoms with Gasteiger partial charge in [0.25, 0.3) is 0 Å². The molecule has 1 saturated heterocycles. The number of hydrogen-bond donors (Lipinski definition) is 0. The number of carbonyl (C=O) groups excluding carboxylic acids is 2. The van der Waals surface area contributed by atoms with E-state index in [1.807, 2.05) is 54.6 Å². The first-order valence-electron chi connectivity index (χ1n) is 10.5. The first-order valence-corrected chi connectivity index (χ1v) is 10.5. The third-order valence-electron chi connectivity index (χ3n) is 6.39. The summed E-state index contributed by atoms with van der Waals surface area (Å²) < 4.78 is 5.75. The monoisotopic (exact) mass is 412 g/mol. The van der Waals surface area contributed by atoms with Crippen molar-refractivity contribution in [3.05, 3.63) is 95.6 Å². The van der Waals surface area contributed by atoms with Crippen molar-refractivity contribution in [1.29, 1.82) is 0 Å². The van der Waals surface area contributed by atoms with Gasteiger partial charge in [-0.15, -0.1) is 0 Å². The fraction of sp³-hybridized carbons (Fsp3) is 0.231. The third kappa shape index (κ3) is 3.36. The van der Waals surface area contributed by atoms with Crippen LogP contribution in [0.15, 0.2) is 78.9 Å². The molecule has 1 fully saturated rings. The van der Waals surface area contributed by atoms with Crippen molar-refractivity contribution in [3.8, 4) is 11.1 Å². The lowest BCUT2D eigenvalue weighted by atomic mass is 9.98. The molecule has 0 bridgehead atoms. The molecule has 0 aromatic heterocycles. The van der Waals surface area contributed by atoms with Gasteiger partial charge in [0, 0.05) is 5.92 Å². The summed E-state index contributed by atoms with van der Waals surface area (Å²) in [5, 5.41) is 11.7. The molecule has 1 amide bonds. The molecule has 2 atom stereocenters. The lowest BCUT2D eigenvalue weighted by molar-refractivity contribution is -0.310. The Morgan fingerprint density at radius 2 is 1.42 bits per heavy atom. The Morgan fingerprint density at radius 1 is 0.839 bits per heavy atom. The number of ether oxygens (including phenoxy) is 1. The quantitative estimate of drug-likeness (QED) is 0.652. The van der Waals surface area contributed by atoms with Gasteiger partial charge in [0.1, 0.15) is 6.61 Å². The largest absolute Gasteiger partial charge is 0.548 e. The predicted molar refractivity (Wildman–Crippen MR) is 114 cm³/mol. The van der Waals surface area contributed by atoms with Gasteiger partial charge in [-0.3, -0.25) is 4.90 Å². The van der Waals surface area contributed by atoms with Crippen molar-refractivity contribution < 1.29 is 19.4 Å². The van der Waals surface area contributed by atoms with Crippen molar-refractivity contribution in [2.75, 3.05) is 6.61 Å². The summed E-state index contributed by atoms with van der Waals surface area (Å²) in [6, 6.07) is 24.4. The summed E-state index contributed by atoms with van der Waals surface area (Å²) in [6.45, 7) is 0.157. The maximum Gasteiger partial charge on any atom is 0.410 e. The minimum atomic E-state index is -1.24. The zero-order chi connectivity index (χ0) is 21.4. The van der Waals surface area contributed by atoms with Gasteiger partial charge in [0.05, 0.1) is 18.1 Å². The van der Waals surface area contributed by atoms with Gasteiger partial charge in [-0.25, -0.2) is 4.79 Å². The standard InChI is InChI=1S/C26H23NO4/c28-25(29)24-15-14-23(17-8-2-1-3-9-17)27(24)26(30)31-16-22-20-12-6-4-10-18(20)19-11-5-7-13-21(19)22/h1-13,22-24H,14-16H2,(H,28,29)/p-1/t23-,24+/m1/s1. The number of carboxylic acids is 1. The zero-order valence-electron chi connectivity index (χ0n) is 16.9. The fourth-order valence-corrected chi connectivity index (χ4v) is 4.97. The minimum Gasteiger partial charge on any atom is -0.548 e. The summed E-state index contributed by atoms with van der Waals surface area (Å²) in [4.78, 5) is 26.2. The summed E-state index contributed by atoms with van der Waals surface area (Å²) in [6.07, 6.45) is 0.307. The molecule has 0 N–H and O–H groups in total. The Balaban J connectivity index is 1.40. The number of benzene rings is 3. The van der Waals surface area contributed by atoms with E-state index < -0.39 is 18.1 Å². The smallest absolute Gasteiger partial charge is 0.410 e. The number of carbonyl (C=O) groups is 2.